The summed E-state index contributed by atoms with van der Waals surface area (Å²) in [7, 11) is 5.74. The van der Waals surface area contributed by atoms with Gasteiger partial charge in [-0.2, -0.15) is 0 Å². The van der Waals surface area contributed by atoms with Crippen LogP contribution < -0.4 is 15.1 Å². The van der Waals surface area contributed by atoms with E-state index in [1.807, 2.05) is 67.4 Å². The molecule has 0 fully saturated rings. The van der Waals surface area contributed by atoms with Crippen LogP contribution >= 0.6 is 0 Å². The molecule has 0 saturated carbocycles. The Morgan fingerprint density at radius 3 is 1.87 bits per heavy atom. The van der Waals surface area contributed by atoms with Gasteiger partial charge in [-0.15, -0.1) is 13.2 Å². The van der Waals surface area contributed by atoms with Gasteiger partial charge in [0.2, 0.25) is 5.91 Å². The summed E-state index contributed by atoms with van der Waals surface area (Å²) in [6.07, 6.45) is 10.0. The van der Waals surface area contributed by atoms with Gasteiger partial charge < -0.3 is 29.7 Å². The van der Waals surface area contributed by atoms with Crippen LogP contribution in [0.25, 0.3) is 0 Å². The maximum Gasteiger partial charge on any atom is 0.333 e. The molecule has 0 bridgehead atoms. The van der Waals surface area contributed by atoms with Crippen molar-refractivity contribution in [2.24, 2.45) is 0 Å². The van der Waals surface area contributed by atoms with E-state index in [1.54, 1.807) is 59.2 Å². The Kier molecular flexibility index (Phi) is 16.0. The quantitative estimate of drug-likeness (QED) is 0.104. The van der Waals surface area contributed by atoms with Gasteiger partial charge >= 0.3 is 5.97 Å². The van der Waals surface area contributed by atoms with E-state index in [1.165, 1.54) is 6.08 Å². The van der Waals surface area contributed by atoms with Crippen molar-refractivity contribution in [2.45, 2.75) is 6.92 Å². The third-order valence-electron chi connectivity index (χ3n) is 7.11. The summed E-state index contributed by atoms with van der Waals surface area (Å²) in [6, 6.07) is 14.5. The molecule has 0 unspecified atom stereocenters. The van der Waals surface area contributed by atoms with E-state index in [4.69, 9.17) is 4.74 Å². The predicted molar refractivity (Wildman–Crippen MR) is 190 cm³/mol. The minimum absolute atomic E-state index is 0.0538. The molecule has 0 radical (unpaired) electrons. The Hall–Kier alpha value is -5.38. The van der Waals surface area contributed by atoms with Gasteiger partial charge in [0, 0.05) is 81.9 Å². The molecule has 2 rings (SSSR count). The normalized spacial score (nSPS) is 10.9. The average Bonchev–Trinajstić information content (AvgIpc) is 3.08. The second-order valence-electron chi connectivity index (χ2n) is 10.9. The Labute approximate surface area is 279 Å². The summed E-state index contributed by atoms with van der Waals surface area (Å²) >= 11 is 0. The molecule has 0 atom stereocenters. The fourth-order valence-electron chi connectivity index (χ4n) is 4.28. The molecule has 0 heterocycles. The van der Waals surface area contributed by atoms with E-state index in [2.05, 4.69) is 25.1 Å². The van der Waals surface area contributed by atoms with Crippen molar-refractivity contribution >= 4 is 35.1 Å². The molecule has 0 aliphatic heterocycles. The maximum absolute atomic E-state index is 13.2. The Bertz CT molecular complexity index is 1440. The van der Waals surface area contributed by atoms with E-state index >= 15 is 0 Å². The van der Waals surface area contributed by atoms with Crippen LogP contribution in [-0.2, 0) is 14.3 Å². The van der Waals surface area contributed by atoms with E-state index in [-0.39, 0.29) is 30.9 Å². The van der Waals surface area contributed by atoms with Crippen molar-refractivity contribution < 1.29 is 23.9 Å². The number of ether oxygens (including phenoxy) is 1. The van der Waals surface area contributed by atoms with Gasteiger partial charge in [0.05, 0.1) is 6.54 Å². The number of likely N-dealkylation sites (N-methyl/N-ethyl adjacent to an activating group) is 1. The molecular formula is C37H47N5O5. The molecule has 250 valence electrons. The van der Waals surface area contributed by atoms with Gasteiger partial charge in [0.15, 0.2) is 0 Å². The van der Waals surface area contributed by atoms with Crippen LogP contribution in [0.1, 0.15) is 27.6 Å². The van der Waals surface area contributed by atoms with Gasteiger partial charge in [-0.05, 0) is 61.5 Å². The molecule has 10 heteroatoms. The van der Waals surface area contributed by atoms with Gasteiger partial charge in [-0.3, -0.25) is 14.4 Å². The molecule has 0 aliphatic rings. The van der Waals surface area contributed by atoms with E-state index in [0.29, 0.717) is 49.4 Å². The Morgan fingerprint density at radius 2 is 1.30 bits per heavy atom. The van der Waals surface area contributed by atoms with E-state index in [0.717, 1.165) is 11.4 Å². The molecular weight excluding hydrogens is 594 g/mol. The third-order valence-corrected chi connectivity index (χ3v) is 7.11. The van der Waals surface area contributed by atoms with Crippen LogP contribution in [0, 0.1) is 0 Å². The summed E-state index contributed by atoms with van der Waals surface area (Å²) in [5.74, 6) is -1.03. The van der Waals surface area contributed by atoms with Crippen LogP contribution in [-0.4, -0.2) is 101 Å². The van der Waals surface area contributed by atoms with Crippen molar-refractivity contribution in [1.82, 2.24) is 15.1 Å². The first-order valence-corrected chi connectivity index (χ1v) is 15.3. The van der Waals surface area contributed by atoms with Crippen molar-refractivity contribution in [3.63, 3.8) is 0 Å². The number of nitrogens with one attached hydrogen (secondary N) is 1. The molecule has 0 spiro atoms. The lowest BCUT2D eigenvalue weighted by Crippen LogP contribution is -2.32. The highest BCUT2D eigenvalue weighted by Gasteiger charge is 2.15. The number of rotatable bonds is 19. The molecule has 10 nitrogen and oxygen atoms in total. The van der Waals surface area contributed by atoms with Gasteiger partial charge in [0.25, 0.3) is 11.8 Å². The number of benzene rings is 2. The second kappa shape index (κ2) is 19.9. The first kappa shape index (κ1) is 37.8. The first-order chi connectivity index (χ1) is 22.5. The number of carbonyl (C=O) groups is 4. The highest BCUT2D eigenvalue weighted by molar-refractivity contribution is 5.95. The largest absolute Gasteiger partial charge is 0.460 e. The first-order valence-electron chi connectivity index (χ1n) is 15.3. The molecule has 2 aromatic rings. The zero-order chi connectivity index (χ0) is 34.8. The topological polar surface area (TPSA) is 102 Å². The van der Waals surface area contributed by atoms with Crippen LogP contribution in [0.5, 0.6) is 0 Å². The summed E-state index contributed by atoms with van der Waals surface area (Å²) < 4.78 is 5.31. The number of nitrogens with zero attached hydrogens (tertiary/aromatic N) is 4. The third kappa shape index (κ3) is 12.5. The lowest BCUT2D eigenvalue weighted by atomic mass is 10.1. The standard InChI is InChI=1S/C37H47N5O5/c1-8-23-41(34(43)10-3)25-11-12-26-42(24-9-2)36(45)31-15-19-33(20-16-31)40(7)27-21-29(4)37(46)47-28-22-38-35(44)30-13-17-32(18-14-30)39(5)6/h8-21H,1-3,22-28H2,4-7H3,(H,38,44)/b12-11+,29-21+. The minimum Gasteiger partial charge on any atom is -0.460 e. The fourth-order valence-corrected chi connectivity index (χ4v) is 4.28. The fraction of sp³-hybridized carbons (Fsp3) is 0.297. The highest BCUT2D eigenvalue weighted by Crippen LogP contribution is 2.16. The lowest BCUT2D eigenvalue weighted by Gasteiger charge is -2.21. The molecule has 3 amide bonds. The van der Waals surface area contributed by atoms with Crippen molar-refractivity contribution in [3.8, 4) is 0 Å². The van der Waals surface area contributed by atoms with Crippen LogP contribution in [0.15, 0.2) is 110 Å². The van der Waals surface area contributed by atoms with Crippen molar-refractivity contribution in [1.29, 1.82) is 0 Å². The molecule has 2 aromatic carbocycles. The van der Waals surface area contributed by atoms with Crippen LogP contribution in [0.4, 0.5) is 11.4 Å². The smallest absolute Gasteiger partial charge is 0.333 e. The SMILES string of the molecule is C=CCN(C/C=C/CN(CC=C)C(=O)c1ccc(N(C)C/C=C(\C)C(=O)OCCNC(=O)c2ccc(N(C)C)cc2)cc1)C(=O)C=C. The van der Waals surface area contributed by atoms with E-state index in [9.17, 15) is 19.2 Å². The number of anilines is 2. The van der Waals surface area contributed by atoms with Crippen LogP contribution in [0.3, 0.4) is 0 Å². The number of hydrogen-bond acceptors (Lipinski definition) is 7. The van der Waals surface area contributed by atoms with Gasteiger partial charge in [-0.25, -0.2) is 4.79 Å². The van der Waals surface area contributed by atoms with E-state index < -0.39 is 5.97 Å². The monoisotopic (exact) mass is 641 g/mol. The Balaban J connectivity index is 1.85. The van der Waals surface area contributed by atoms with Crippen molar-refractivity contribution in [3.05, 3.63) is 121 Å². The number of amides is 3. The van der Waals surface area contributed by atoms with Gasteiger partial charge in [0.1, 0.15) is 6.61 Å². The highest BCUT2D eigenvalue weighted by atomic mass is 16.5. The molecule has 1 N–H and O–H groups in total. The second-order valence-corrected chi connectivity index (χ2v) is 10.9. The summed E-state index contributed by atoms with van der Waals surface area (Å²) in [5, 5.41) is 2.75. The van der Waals surface area contributed by atoms with Crippen molar-refractivity contribution in [2.75, 3.05) is 76.8 Å². The zero-order valence-electron chi connectivity index (χ0n) is 28.0. The Morgan fingerprint density at radius 1 is 0.745 bits per heavy atom. The summed E-state index contributed by atoms with van der Waals surface area (Å²) in [4.78, 5) is 57.0. The maximum atomic E-state index is 13.2. The minimum atomic E-state index is -0.457. The molecule has 47 heavy (non-hydrogen) atoms. The molecule has 0 aliphatic carbocycles. The summed E-state index contributed by atoms with van der Waals surface area (Å²) in [6.45, 7) is 14.8. The molecule has 0 aromatic heterocycles. The molecule has 0 saturated heterocycles. The average molecular weight is 642 g/mol. The summed E-state index contributed by atoms with van der Waals surface area (Å²) in [5.41, 5.74) is 3.37. The number of carbonyl (C=O) groups excluding carboxylic acids is 4. The van der Waals surface area contributed by atoms with Crippen LogP contribution in [0.2, 0.25) is 0 Å². The zero-order valence-corrected chi connectivity index (χ0v) is 28.0. The lowest BCUT2D eigenvalue weighted by molar-refractivity contribution is -0.138. The number of esters is 1. The predicted octanol–water partition coefficient (Wildman–Crippen LogP) is 4.49. The number of hydrogen-bond donors (Lipinski definition) is 1. The van der Waals surface area contributed by atoms with Gasteiger partial charge in [-0.1, -0.05) is 37.0 Å².